The lowest BCUT2D eigenvalue weighted by atomic mass is 9.91. The number of carbonyl (C=O) groups excluding carboxylic acids is 1. The summed E-state index contributed by atoms with van der Waals surface area (Å²) in [6, 6.07) is 13.0. The minimum absolute atomic E-state index is 0.0556. The third-order valence-electron chi connectivity index (χ3n) is 6.38. The molecule has 0 saturated carbocycles. The molecule has 0 bridgehead atoms. The number of carbonyl (C=O) groups is 1. The van der Waals surface area contributed by atoms with Crippen molar-refractivity contribution in [3.05, 3.63) is 47.5 Å². The second-order valence-electron chi connectivity index (χ2n) is 10.6. The van der Waals surface area contributed by atoms with E-state index in [1.54, 1.807) is 12.1 Å². The minimum Gasteiger partial charge on any atom is -0.436 e. The van der Waals surface area contributed by atoms with E-state index >= 15 is 0 Å². The number of benzene rings is 2. The lowest BCUT2D eigenvalue weighted by molar-refractivity contribution is -0.123. The number of nitrogens with zero attached hydrogens (tertiary/aromatic N) is 3. The summed E-state index contributed by atoms with van der Waals surface area (Å²) >= 11 is 0. The van der Waals surface area contributed by atoms with Gasteiger partial charge in [0.15, 0.2) is 5.58 Å². The molecule has 0 unspecified atom stereocenters. The van der Waals surface area contributed by atoms with E-state index in [0.29, 0.717) is 33.7 Å². The van der Waals surface area contributed by atoms with Gasteiger partial charge in [-0.1, -0.05) is 20.8 Å². The van der Waals surface area contributed by atoms with E-state index in [2.05, 4.69) is 42.0 Å². The Labute approximate surface area is 207 Å². The SMILES string of the molecule is Cc1cc(C#N)cc2nc(-c3ccc(NC(=O)COC4CCN(CCC(C)(C)C)CC4)cc3)oc12. The molecule has 184 valence electrons. The number of hydrogen-bond acceptors (Lipinski definition) is 6. The third kappa shape index (κ3) is 6.68. The maximum atomic E-state index is 12.4. The molecule has 1 amide bonds. The number of likely N-dealkylation sites (tertiary alicyclic amines) is 1. The number of aryl methyl sites for hydroxylation is 1. The maximum absolute atomic E-state index is 12.4. The molecule has 7 heteroatoms. The van der Waals surface area contributed by atoms with Gasteiger partial charge in [-0.25, -0.2) is 4.98 Å². The fraction of sp³-hybridized carbons (Fsp3) is 0.464. The predicted octanol–water partition coefficient (Wildman–Crippen LogP) is 5.53. The standard InChI is InChI=1S/C28H34N4O3/c1-19-15-20(17-29)16-24-26(19)35-27(31-24)21-5-7-22(8-6-21)30-25(33)18-34-23-9-12-32(13-10-23)14-11-28(2,3)4/h5-8,15-16,23H,9-14,18H2,1-4H3,(H,30,33). The molecule has 7 nitrogen and oxygen atoms in total. The largest absolute Gasteiger partial charge is 0.436 e. The molecule has 1 saturated heterocycles. The van der Waals surface area contributed by atoms with Gasteiger partial charge in [-0.3, -0.25) is 4.79 Å². The first-order chi connectivity index (χ1) is 16.7. The Morgan fingerprint density at radius 1 is 1.23 bits per heavy atom. The number of nitrogens with one attached hydrogen (secondary N) is 1. The number of rotatable bonds is 7. The number of aromatic nitrogens is 1. The summed E-state index contributed by atoms with van der Waals surface area (Å²) in [5, 5.41) is 12.1. The van der Waals surface area contributed by atoms with E-state index in [1.165, 1.54) is 6.42 Å². The van der Waals surface area contributed by atoms with Crippen molar-refractivity contribution in [2.24, 2.45) is 5.41 Å². The van der Waals surface area contributed by atoms with E-state index < -0.39 is 0 Å². The average molecular weight is 475 g/mol. The number of anilines is 1. The number of hydrogen-bond donors (Lipinski definition) is 1. The van der Waals surface area contributed by atoms with Gasteiger partial charge >= 0.3 is 0 Å². The van der Waals surface area contributed by atoms with E-state index in [0.717, 1.165) is 43.6 Å². The van der Waals surface area contributed by atoms with Crippen LogP contribution in [-0.2, 0) is 9.53 Å². The molecule has 0 atom stereocenters. The smallest absolute Gasteiger partial charge is 0.250 e. The van der Waals surface area contributed by atoms with Crippen LogP contribution in [0.3, 0.4) is 0 Å². The minimum atomic E-state index is -0.158. The Morgan fingerprint density at radius 2 is 1.94 bits per heavy atom. The molecule has 0 spiro atoms. The fourth-order valence-electron chi connectivity index (χ4n) is 4.27. The molecule has 1 aromatic heterocycles. The van der Waals surface area contributed by atoms with Crippen molar-refractivity contribution in [3.63, 3.8) is 0 Å². The monoisotopic (exact) mass is 474 g/mol. The highest BCUT2D eigenvalue weighted by Gasteiger charge is 2.22. The van der Waals surface area contributed by atoms with Crippen LogP contribution in [0.5, 0.6) is 0 Å². The summed E-state index contributed by atoms with van der Waals surface area (Å²) in [5.41, 5.74) is 4.61. The summed E-state index contributed by atoms with van der Waals surface area (Å²) in [4.78, 5) is 19.4. The molecule has 4 rings (SSSR count). The van der Waals surface area contributed by atoms with Gasteiger partial charge in [0.25, 0.3) is 0 Å². The van der Waals surface area contributed by atoms with Crippen LogP contribution in [-0.4, -0.2) is 48.1 Å². The van der Waals surface area contributed by atoms with Crippen molar-refractivity contribution < 1.29 is 13.9 Å². The lowest BCUT2D eigenvalue weighted by Gasteiger charge is -2.33. The zero-order chi connectivity index (χ0) is 25.0. The number of fused-ring (bicyclic) bond motifs is 1. The zero-order valence-electron chi connectivity index (χ0n) is 21.1. The number of oxazole rings is 1. The molecule has 2 aromatic carbocycles. The Kier molecular flexibility index (Phi) is 7.54. The van der Waals surface area contributed by atoms with Crippen LogP contribution in [0.4, 0.5) is 5.69 Å². The molecule has 1 aliphatic heterocycles. The van der Waals surface area contributed by atoms with Crippen LogP contribution in [0.1, 0.15) is 51.2 Å². The molecule has 0 aliphatic carbocycles. The Bertz CT molecular complexity index is 1210. The first-order valence-electron chi connectivity index (χ1n) is 12.3. The number of piperidine rings is 1. The van der Waals surface area contributed by atoms with Gasteiger partial charge in [0, 0.05) is 24.3 Å². The first kappa shape index (κ1) is 24.9. The van der Waals surface area contributed by atoms with E-state index in [-0.39, 0.29) is 18.6 Å². The van der Waals surface area contributed by atoms with Gasteiger partial charge in [0.2, 0.25) is 11.8 Å². The molecule has 1 fully saturated rings. The Balaban J connectivity index is 1.26. The van der Waals surface area contributed by atoms with Gasteiger partial charge in [-0.15, -0.1) is 0 Å². The number of amides is 1. The van der Waals surface area contributed by atoms with Crippen LogP contribution >= 0.6 is 0 Å². The normalized spacial score (nSPS) is 15.3. The average Bonchev–Trinajstić information content (AvgIpc) is 3.27. The van der Waals surface area contributed by atoms with Crippen molar-refractivity contribution >= 4 is 22.7 Å². The molecular formula is C28H34N4O3. The first-order valence-corrected chi connectivity index (χ1v) is 12.3. The van der Waals surface area contributed by atoms with Crippen molar-refractivity contribution in [1.29, 1.82) is 5.26 Å². The van der Waals surface area contributed by atoms with Crippen molar-refractivity contribution in [2.75, 3.05) is 31.6 Å². The van der Waals surface area contributed by atoms with Crippen molar-refractivity contribution in [1.82, 2.24) is 9.88 Å². The summed E-state index contributed by atoms with van der Waals surface area (Å²) in [5.74, 6) is 0.322. The second-order valence-corrected chi connectivity index (χ2v) is 10.6. The number of ether oxygens (including phenoxy) is 1. The molecule has 1 aliphatic rings. The van der Waals surface area contributed by atoms with E-state index in [1.807, 2.05) is 31.2 Å². The second kappa shape index (κ2) is 10.6. The van der Waals surface area contributed by atoms with E-state index in [4.69, 9.17) is 14.4 Å². The highest BCUT2D eigenvalue weighted by molar-refractivity contribution is 5.92. The summed E-state index contributed by atoms with van der Waals surface area (Å²) in [6.45, 7) is 12.0. The van der Waals surface area contributed by atoms with Crippen LogP contribution in [0.2, 0.25) is 0 Å². The Morgan fingerprint density at radius 3 is 2.60 bits per heavy atom. The predicted molar refractivity (Wildman–Crippen MR) is 137 cm³/mol. The highest BCUT2D eigenvalue weighted by Crippen LogP contribution is 2.28. The van der Waals surface area contributed by atoms with Gasteiger partial charge in [0.1, 0.15) is 12.1 Å². The van der Waals surface area contributed by atoms with Gasteiger partial charge in [-0.05, 0) is 80.1 Å². The maximum Gasteiger partial charge on any atom is 0.250 e. The van der Waals surface area contributed by atoms with Crippen LogP contribution in [0, 0.1) is 23.7 Å². The third-order valence-corrected chi connectivity index (χ3v) is 6.38. The van der Waals surface area contributed by atoms with Crippen LogP contribution in [0.15, 0.2) is 40.8 Å². The molecule has 1 N–H and O–H groups in total. The summed E-state index contributed by atoms with van der Waals surface area (Å²) in [6.07, 6.45) is 3.25. The Hall–Kier alpha value is -3.21. The van der Waals surface area contributed by atoms with Gasteiger partial charge < -0.3 is 19.4 Å². The van der Waals surface area contributed by atoms with Crippen LogP contribution in [0.25, 0.3) is 22.6 Å². The molecule has 35 heavy (non-hydrogen) atoms. The number of nitriles is 1. The zero-order valence-corrected chi connectivity index (χ0v) is 21.1. The molecular weight excluding hydrogens is 440 g/mol. The van der Waals surface area contributed by atoms with Gasteiger partial charge in [0.05, 0.1) is 17.7 Å². The van der Waals surface area contributed by atoms with Gasteiger partial charge in [-0.2, -0.15) is 5.26 Å². The fourth-order valence-corrected chi connectivity index (χ4v) is 4.27. The molecule has 3 aromatic rings. The van der Waals surface area contributed by atoms with Crippen molar-refractivity contribution in [3.8, 4) is 17.5 Å². The molecule has 2 heterocycles. The van der Waals surface area contributed by atoms with E-state index in [9.17, 15) is 4.79 Å². The quantitative estimate of drug-likeness (QED) is 0.484. The summed E-state index contributed by atoms with van der Waals surface area (Å²) in [7, 11) is 0. The summed E-state index contributed by atoms with van der Waals surface area (Å²) < 4.78 is 11.8. The lowest BCUT2D eigenvalue weighted by Crippen LogP contribution is -2.39. The molecule has 0 radical (unpaired) electrons. The van der Waals surface area contributed by atoms with Crippen molar-refractivity contribution in [2.45, 2.75) is 53.1 Å². The topological polar surface area (TPSA) is 91.4 Å². The van der Waals surface area contributed by atoms with Crippen LogP contribution < -0.4 is 5.32 Å². The highest BCUT2D eigenvalue weighted by atomic mass is 16.5.